The van der Waals surface area contributed by atoms with Crippen LogP contribution in [0.5, 0.6) is 11.6 Å². The van der Waals surface area contributed by atoms with Crippen molar-refractivity contribution in [2.75, 3.05) is 14.2 Å². The van der Waals surface area contributed by atoms with E-state index in [0.717, 1.165) is 54.9 Å². The number of aromatic nitrogens is 3. The lowest BCUT2D eigenvalue weighted by molar-refractivity contribution is 0.345. The standard InChI is InChI=1S/C23H19N3O2/c1-12-9-15-20(24-13(12)2)16-10-14-7-5-6-8-18(14)25-21(16)17-11-19(27-3)23(28-4)26-22(15)17/h5-11H,1-4H3. The highest BCUT2D eigenvalue weighted by atomic mass is 16.5. The summed E-state index contributed by atoms with van der Waals surface area (Å²) < 4.78 is 11.0. The van der Waals surface area contributed by atoms with Crippen molar-refractivity contribution in [3.63, 3.8) is 0 Å². The van der Waals surface area contributed by atoms with Gasteiger partial charge in [0.25, 0.3) is 5.88 Å². The number of rotatable bonds is 2. The van der Waals surface area contributed by atoms with Gasteiger partial charge in [-0.3, -0.25) is 4.98 Å². The third kappa shape index (κ3) is 2.29. The molecule has 0 saturated carbocycles. The Morgan fingerprint density at radius 2 is 1.39 bits per heavy atom. The zero-order valence-corrected chi connectivity index (χ0v) is 16.2. The van der Waals surface area contributed by atoms with Crippen LogP contribution in [0.2, 0.25) is 0 Å². The van der Waals surface area contributed by atoms with Crippen molar-refractivity contribution in [3.05, 3.63) is 53.7 Å². The second-order valence-corrected chi connectivity index (χ2v) is 6.96. The molecule has 0 aliphatic rings. The van der Waals surface area contributed by atoms with Crippen LogP contribution in [-0.4, -0.2) is 29.2 Å². The van der Waals surface area contributed by atoms with Crippen molar-refractivity contribution < 1.29 is 9.47 Å². The molecule has 28 heavy (non-hydrogen) atoms. The van der Waals surface area contributed by atoms with Gasteiger partial charge in [-0.2, -0.15) is 0 Å². The van der Waals surface area contributed by atoms with Crippen molar-refractivity contribution in [2.45, 2.75) is 13.8 Å². The summed E-state index contributed by atoms with van der Waals surface area (Å²) in [5, 5.41) is 4.02. The minimum absolute atomic E-state index is 0.453. The fourth-order valence-electron chi connectivity index (χ4n) is 3.75. The predicted molar refractivity (Wildman–Crippen MR) is 112 cm³/mol. The maximum Gasteiger partial charge on any atom is 0.257 e. The summed E-state index contributed by atoms with van der Waals surface area (Å²) in [6.45, 7) is 4.10. The molecule has 0 amide bonds. The molecule has 0 fully saturated rings. The molecule has 3 heterocycles. The first-order chi connectivity index (χ1) is 13.6. The first-order valence-corrected chi connectivity index (χ1v) is 9.13. The number of aryl methyl sites for hydroxylation is 2. The highest BCUT2D eigenvalue weighted by molar-refractivity contribution is 6.23. The Balaban J connectivity index is 2.10. The Kier molecular flexibility index (Phi) is 3.59. The molecule has 5 heteroatoms. The molecule has 2 aromatic carbocycles. The maximum atomic E-state index is 5.50. The Labute approximate surface area is 162 Å². The molecule has 0 bridgehead atoms. The highest BCUT2D eigenvalue weighted by Gasteiger charge is 2.17. The van der Waals surface area contributed by atoms with Gasteiger partial charge in [-0.15, -0.1) is 0 Å². The van der Waals surface area contributed by atoms with Crippen LogP contribution in [0.1, 0.15) is 11.3 Å². The lowest BCUT2D eigenvalue weighted by atomic mass is 10.0. The lowest BCUT2D eigenvalue weighted by Gasteiger charge is -2.14. The van der Waals surface area contributed by atoms with Gasteiger partial charge in [-0.05, 0) is 43.7 Å². The molecule has 3 aromatic heterocycles. The first-order valence-electron chi connectivity index (χ1n) is 9.13. The van der Waals surface area contributed by atoms with Gasteiger partial charge in [-0.25, -0.2) is 9.97 Å². The average Bonchev–Trinajstić information content (AvgIpc) is 2.73. The Morgan fingerprint density at radius 3 is 2.18 bits per heavy atom. The summed E-state index contributed by atoms with van der Waals surface area (Å²) in [6, 6.07) is 14.4. The van der Waals surface area contributed by atoms with E-state index in [1.165, 1.54) is 0 Å². The first kappa shape index (κ1) is 16.7. The van der Waals surface area contributed by atoms with Crippen LogP contribution in [0.4, 0.5) is 0 Å². The Hall–Kier alpha value is -3.47. The van der Waals surface area contributed by atoms with Crippen LogP contribution in [0.15, 0.2) is 42.5 Å². The molecule has 5 nitrogen and oxygen atoms in total. The highest BCUT2D eigenvalue weighted by Crippen LogP contribution is 2.38. The summed E-state index contributed by atoms with van der Waals surface area (Å²) >= 11 is 0. The van der Waals surface area contributed by atoms with Crippen molar-refractivity contribution in [3.8, 4) is 11.6 Å². The van der Waals surface area contributed by atoms with E-state index in [1.807, 2.05) is 31.2 Å². The van der Waals surface area contributed by atoms with Crippen molar-refractivity contribution >= 4 is 43.6 Å². The summed E-state index contributed by atoms with van der Waals surface area (Å²) in [5.74, 6) is 1.04. The van der Waals surface area contributed by atoms with Crippen molar-refractivity contribution in [1.82, 2.24) is 15.0 Å². The van der Waals surface area contributed by atoms with E-state index in [4.69, 9.17) is 24.4 Å². The molecule has 5 rings (SSSR count). The normalized spacial score (nSPS) is 11.6. The maximum absolute atomic E-state index is 5.50. The summed E-state index contributed by atoms with van der Waals surface area (Å²) in [7, 11) is 3.21. The van der Waals surface area contributed by atoms with Gasteiger partial charge in [0, 0.05) is 27.2 Å². The number of fused-ring (bicyclic) bond motifs is 7. The third-order valence-electron chi connectivity index (χ3n) is 5.32. The van der Waals surface area contributed by atoms with Gasteiger partial charge in [-0.1, -0.05) is 18.2 Å². The van der Waals surface area contributed by atoms with E-state index in [0.29, 0.717) is 11.6 Å². The lowest BCUT2D eigenvalue weighted by Crippen LogP contribution is -1.98. The minimum Gasteiger partial charge on any atom is -0.491 e. The molecular weight excluding hydrogens is 350 g/mol. The average molecular weight is 369 g/mol. The van der Waals surface area contributed by atoms with Gasteiger partial charge in [0.2, 0.25) is 0 Å². The quantitative estimate of drug-likeness (QED) is 0.319. The molecule has 0 spiro atoms. The number of ether oxygens (including phenoxy) is 2. The molecule has 0 saturated heterocycles. The number of methoxy groups -OCH3 is 2. The van der Waals surface area contributed by atoms with Gasteiger partial charge >= 0.3 is 0 Å². The van der Waals surface area contributed by atoms with Crippen molar-refractivity contribution in [2.24, 2.45) is 0 Å². The number of hydrogen-bond donors (Lipinski definition) is 0. The zero-order chi connectivity index (χ0) is 19.4. The molecule has 0 atom stereocenters. The molecule has 0 unspecified atom stereocenters. The smallest absolute Gasteiger partial charge is 0.257 e. The molecule has 0 radical (unpaired) electrons. The van der Waals surface area contributed by atoms with Gasteiger partial charge in [0.05, 0.1) is 36.3 Å². The zero-order valence-electron chi connectivity index (χ0n) is 16.2. The van der Waals surface area contributed by atoms with Crippen LogP contribution in [0.25, 0.3) is 43.6 Å². The minimum atomic E-state index is 0.453. The molecule has 5 aromatic rings. The predicted octanol–water partition coefficient (Wildman–Crippen LogP) is 5.12. The number of nitrogens with zero attached hydrogens (tertiary/aromatic N) is 3. The molecule has 0 aliphatic carbocycles. The third-order valence-corrected chi connectivity index (χ3v) is 5.32. The van der Waals surface area contributed by atoms with Crippen LogP contribution in [0.3, 0.4) is 0 Å². The summed E-state index contributed by atoms with van der Waals surface area (Å²) in [6.07, 6.45) is 0. The van der Waals surface area contributed by atoms with Crippen molar-refractivity contribution in [1.29, 1.82) is 0 Å². The van der Waals surface area contributed by atoms with Crippen LogP contribution in [0, 0.1) is 13.8 Å². The molecule has 138 valence electrons. The number of hydrogen-bond acceptors (Lipinski definition) is 5. The summed E-state index contributed by atoms with van der Waals surface area (Å²) in [5.41, 5.74) is 5.65. The number of pyridine rings is 3. The number of benzene rings is 2. The van der Waals surface area contributed by atoms with Gasteiger partial charge < -0.3 is 9.47 Å². The van der Waals surface area contributed by atoms with E-state index >= 15 is 0 Å². The van der Waals surface area contributed by atoms with Crippen LogP contribution in [-0.2, 0) is 0 Å². The SMILES string of the molecule is COc1cc2c(nc1OC)c1cc(C)c(C)nc1c1cc3ccccc3nc12. The molecule has 0 N–H and O–H groups in total. The molecule has 0 aliphatic heterocycles. The number of para-hydroxylation sites is 1. The topological polar surface area (TPSA) is 57.1 Å². The van der Waals surface area contributed by atoms with E-state index in [2.05, 4.69) is 25.1 Å². The van der Waals surface area contributed by atoms with E-state index in [-0.39, 0.29) is 0 Å². The second kappa shape index (κ2) is 6.02. The van der Waals surface area contributed by atoms with E-state index < -0.39 is 0 Å². The van der Waals surface area contributed by atoms with Crippen LogP contribution >= 0.6 is 0 Å². The van der Waals surface area contributed by atoms with E-state index in [9.17, 15) is 0 Å². The van der Waals surface area contributed by atoms with Crippen LogP contribution < -0.4 is 9.47 Å². The largest absolute Gasteiger partial charge is 0.491 e. The monoisotopic (exact) mass is 369 g/mol. The van der Waals surface area contributed by atoms with E-state index in [1.54, 1.807) is 14.2 Å². The Bertz CT molecular complexity index is 1410. The Morgan fingerprint density at radius 1 is 0.714 bits per heavy atom. The second-order valence-electron chi connectivity index (χ2n) is 6.96. The van der Waals surface area contributed by atoms with Gasteiger partial charge in [0.1, 0.15) is 0 Å². The fraction of sp³-hybridized carbons (Fsp3) is 0.174. The summed E-state index contributed by atoms with van der Waals surface area (Å²) in [4.78, 5) is 14.6. The fourth-order valence-corrected chi connectivity index (χ4v) is 3.75. The van der Waals surface area contributed by atoms with Gasteiger partial charge in [0.15, 0.2) is 5.75 Å². The molecular formula is C23H19N3O2.